The number of alkyl carbamates (subject to hydrolysis) is 1. The molecule has 0 atom stereocenters. The number of benzene rings is 1. The normalized spacial score (nSPS) is 10.2. The molecule has 0 radical (unpaired) electrons. The van der Waals surface area contributed by atoms with Crippen LogP contribution in [0.2, 0.25) is 5.02 Å². The van der Waals surface area contributed by atoms with Crippen LogP contribution in [0.4, 0.5) is 4.79 Å². The highest BCUT2D eigenvalue weighted by molar-refractivity contribution is 6.31. The van der Waals surface area contributed by atoms with Crippen LogP contribution in [0.1, 0.15) is 26.3 Å². The summed E-state index contributed by atoms with van der Waals surface area (Å²) in [5, 5.41) is 3.09. The Balaban J connectivity index is 2.57. The van der Waals surface area contributed by atoms with Gasteiger partial charge in [-0.1, -0.05) is 23.4 Å². The van der Waals surface area contributed by atoms with E-state index in [4.69, 9.17) is 21.1 Å². The van der Waals surface area contributed by atoms with E-state index in [2.05, 4.69) is 17.2 Å². The summed E-state index contributed by atoms with van der Waals surface area (Å²) in [7, 11) is 1.57. The van der Waals surface area contributed by atoms with Gasteiger partial charge in [0, 0.05) is 5.56 Å². The van der Waals surface area contributed by atoms with Gasteiger partial charge in [0.15, 0.2) is 0 Å². The molecule has 1 aromatic rings. The third kappa shape index (κ3) is 5.85. The maximum absolute atomic E-state index is 11.4. The minimum absolute atomic E-state index is 0.183. The van der Waals surface area contributed by atoms with Crippen molar-refractivity contribution in [2.45, 2.75) is 26.4 Å². The van der Waals surface area contributed by atoms with Gasteiger partial charge in [-0.2, -0.15) is 0 Å². The summed E-state index contributed by atoms with van der Waals surface area (Å²) in [6.07, 6.45) is -0.497. The average molecular weight is 296 g/mol. The Morgan fingerprint density at radius 3 is 2.70 bits per heavy atom. The van der Waals surface area contributed by atoms with Crippen molar-refractivity contribution in [1.29, 1.82) is 0 Å². The fourth-order valence-electron chi connectivity index (χ4n) is 1.30. The summed E-state index contributed by atoms with van der Waals surface area (Å²) in [5.74, 6) is 6.36. The molecule has 0 aliphatic rings. The van der Waals surface area contributed by atoms with Crippen LogP contribution in [-0.4, -0.2) is 25.3 Å². The van der Waals surface area contributed by atoms with E-state index < -0.39 is 11.7 Å². The highest BCUT2D eigenvalue weighted by atomic mass is 35.5. The second-order valence-corrected chi connectivity index (χ2v) is 5.41. The molecule has 0 aromatic heterocycles. The zero-order chi connectivity index (χ0) is 15.2. The molecule has 1 aromatic carbocycles. The molecule has 4 nitrogen and oxygen atoms in total. The molecule has 20 heavy (non-hydrogen) atoms. The third-order valence-corrected chi connectivity index (χ3v) is 2.45. The Bertz CT molecular complexity index is 538. The monoisotopic (exact) mass is 295 g/mol. The second-order valence-electron chi connectivity index (χ2n) is 5.00. The minimum Gasteiger partial charge on any atom is -0.497 e. The second kappa shape index (κ2) is 7.06. The lowest BCUT2D eigenvalue weighted by Crippen LogP contribution is -2.32. The highest BCUT2D eigenvalue weighted by Crippen LogP contribution is 2.20. The van der Waals surface area contributed by atoms with Gasteiger partial charge in [0.05, 0.1) is 18.7 Å². The molecule has 0 bridgehead atoms. The van der Waals surface area contributed by atoms with E-state index in [1.54, 1.807) is 46.1 Å². The van der Waals surface area contributed by atoms with Gasteiger partial charge in [0.2, 0.25) is 0 Å². The van der Waals surface area contributed by atoms with Crippen molar-refractivity contribution in [2.24, 2.45) is 0 Å². The number of halogens is 1. The van der Waals surface area contributed by atoms with Gasteiger partial charge in [-0.15, -0.1) is 0 Å². The summed E-state index contributed by atoms with van der Waals surface area (Å²) >= 11 is 6.01. The first-order valence-corrected chi connectivity index (χ1v) is 6.49. The Labute approximate surface area is 124 Å². The number of ether oxygens (including phenoxy) is 2. The number of amides is 1. The van der Waals surface area contributed by atoms with Crippen molar-refractivity contribution in [3.63, 3.8) is 0 Å². The lowest BCUT2D eigenvalue weighted by Gasteiger charge is -2.19. The maximum atomic E-state index is 11.4. The van der Waals surface area contributed by atoms with Gasteiger partial charge < -0.3 is 14.8 Å². The Hall–Kier alpha value is -1.86. The standard InChI is InChI=1S/C15H18ClNO3/c1-15(2,3)20-14(18)17-9-5-6-11-10-12(19-4)7-8-13(11)16/h7-8,10H,9H2,1-4H3,(H,17,18). The summed E-state index contributed by atoms with van der Waals surface area (Å²) in [5.41, 5.74) is 0.130. The summed E-state index contributed by atoms with van der Waals surface area (Å²) in [6, 6.07) is 5.21. The maximum Gasteiger partial charge on any atom is 0.408 e. The first-order chi connectivity index (χ1) is 9.31. The number of rotatable bonds is 2. The number of nitrogens with one attached hydrogen (secondary N) is 1. The molecule has 1 amide bonds. The predicted molar refractivity (Wildman–Crippen MR) is 79.1 cm³/mol. The molecule has 1 rings (SSSR count). The van der Waals surface area contributed by atoms with Crippen molar-refractivity contribution in [3.8, 4) is 17.6 Å². The molecule has 0 aliphatic heterocycles. The van der Waals surface area contributed by atoms with Gasteiger partial charge in [-0.05, 0) is 39.0 Å². The molecule has 108 valence electrons. The number of methoxy groups -OCH3 is 1. The van der Waals surface area contributed by atoms with E-state index >= 15 is 0 Å². The SMILES string of the molecule is COc1ccc(Cl)c(C#CCNC(=O)OC(C)(C)C)c1. The van der Waals surface area contributed by atoms with E-state index in [1.807, 2.05) is 0 Å². The molecule has 0 saturated carbocycles. The van der Waals surface area contributed by atoms with Crippen LogP contribution in [0.3, 0.4) is 0 Å². The smallest absolute Gasteiger partial charge is 0.408 e. The zero-order valence-corrected chi connectivity index (χ0v) is 12.8. The molecular formula is C15H18ClNO3. The topological polar surface area (TPSA) is 47.6 Å². The number of hydrogen-bond acceptors (Lipinski definition) is 3. The summed E-state index contributed by atoms with van der Waals surface area (Å²) in [6.45, 7) is 5.58. The molecular weight excluding hydrogens is 278 g/mol. The molecule has 0 saturated heterocycles. The Morgan fingerprint density at radius 2 is 2.10 bits per heavy atom. The Kier molecular flexibility index (Phi) is 5.72. The van der Waals surface area contributed by atoms with Crippen LogP contribution in [0.15, 0.2) is 18.2 Å². The molecule has 0 unspecified atom stereocenters. The number of hydrogen-bond donors (Lipinski definition) is 1. The Morgan fingerprint density at radius 1 is 1.40 bits per heavy atom. The van der Waals surface area contributed by atoms with Gasteiger partial charge >= 0.3 is 6.09 Å². The van der Waals surface area contributed by atoms with Crippen LogP contribution in [0, 0.1) is 11.8 Å². The lowest BCUT2D eigenvalue weighted by atomic mass is 10.2. The first kappa shape index (κ1) is 16.2. The molecule has 1 N–H and O–H groups in total. The van der Waals surface area contributed by atoms with Gasteiger partial charge in [-0.3, -0.25) is 0 Å². The number of carbonyl (C=O) groups excluding carboxylic acids is 1. The first-order valence-electron chi connectivity index (χ1n) is 6.11. The lowest BCUT2D eigenvalue weighted by molar-refractivity contribution is 0.0535. The molecule has 5 heteroatoms. The fourth-order valence-corrected chi connectivity index (χ4v) is 1.46. The fraction of sp³-hybridized carbons (Fsp3) is 0.400. The molecule has 0 aliphatic carbocycles. The van der Waals surface area contributed by atoms with Crippen molar-refractivity contribution < 1.29 is 14.3 Å². The van der Waals surface area contributed by atoms with Crippen molar-refractivity contribution in [3.05, 3.63) is 28.8 Å². The van der Waals surface area contributed by atoms with E-state index in [-0.39, 0.29) is 6.54 Å². The van der Waals surface area contributed by atoms with Crippen LogP contribution < -0.4 is 10.1 Å². The molecule has 0 heterocycles. The highest BCUT2D eigenvalue weighted by Gasteiger charge is 2.14. The van der Waals surface area contributed by atoms with Crippen molar-refractivity contribution >= 4 is 17.7 Å². The third-order valence-electron chi connectivity index (χ3n) is 2.12. The van der Waals surface area contributed by atoms with Crippen LogP contribution in [0.5, 0.6) is 5.75 Å². The number of carbonyl (C=O) groups is 1. The van der Waals surface area contributed by atoms with Crippen molar-refractivity contribution in [1.82, 2.24) is 5.32 Å². The van der Waals surface area contributed by atoms with Crippen LogP contribution in [0.25, 0.3) is 0 Å². The van der Waals surface area contributed by atoms with Crippen LogP contribution >= 0.6 is 11.6 Å². The predicted octanol–water partition coefficient (Wildman–Crippen LogP) is 3.22. The minimum atomic E-state index is -0.520. The van der Waals surface area contributed by atoms with E-state index in [0.29, 0.717) is 16.3 Å². The van der Waals surface area contributed by atoms with Crippen LogP contribution in [-0.2, 0) is 4.74 Å². The van der Waals surface area contributed by atoms with Gasteiger partial charge in [0.25, 0.3) is 0 Å². The molecule has 0 fully saturated rings. The van der Waals surface area contributed by atoms with E-state index in [9.17, 15) is 4.79 Å². The van der Waals surface area contributed by atoms with E-state index in [0.717, 1.165) is 0 Å². The summed E-state index contributed by atoms with van der Waals surface area (Å²) in [4.78, 5) is 11.4. The average Bonchev–Trinajstić information content (AvgIpc) is 2.34. The van der Waals surface area contributed by atoms with Gasteiger partial charge in [-0.25, -0.2) is 4.79 Å². The zero-order valence-electron chi connectivity index (χ0n) is 12.0. The molecule has 0 spiro atoms. The van der Waals surface area contributed by atoms with Gasteiger partial charge in [0.1, 0.15) is 11.4 Å². The van der Waals surface area contributed by atoms with Crippen molar-refractivity contribution in [2.75, 3.05) is 13.7 Å². The largest absolute Gasteiger partial charge is 0.497 e. The quantitative estimate of drug-likeness (QED) is 0.852. The van der Waals surface area contributed by atoms with E-state index in [1.165, 1.54) is 0 Å². The summed E-state index contributed by atoms with van der Waals surface area (Å²) < 4.78 is 10.2.